The van der Waals surface area contributed by atoms with E-state index in [1.165, 1.54) is 24.5 Å². The molecule has 0 heterocycles. The number of hydrogen-bond acceptors (Lipinski definition) is 0. The molecule has 2 aromatic rings. The van der Waals surface area contributed by atoms with Gasteiger partial charge in [0.05, 0.1) is 0 Å². The molecule has 2 aliphatic rings. The van der Waals surface area contributed by atoms with E-state index in [-0.39, 0.29) is 5.82 Å². The predicted molar refractivity (Wildman–Crippen MR) is 87.3 cm³/mol. The largest absolute Gasteiger partial charge is 0.207 e. The van der Waals surface area contributed by atoms with E-state index in [2.05, 4.69) is 40.2 Å². The second kappa shape index (κ2) is 5.24. The molecule has 4 rings (SSSR count). The van der Waals surface area contributed by atoms with Crippen molar-refractivity contribution in [3.05, 3.63) is 71.0 Å². The molecule has 1 saturated carbocycles. The van der Waals surface area contributed by atoms with Gasteiger partial charge >= 0.3 is 0 Å². The molecule has 0 aliphatic heterocycles. The highest BCUT2D eigenvalue weighted by Crippen LogP contribution is 2.62. The molecule has 0 nitrogen and oxygen atoms in total. The number of fused-ring (bicyclic) bond motifs is 3. The second-order valence-corrected chi connectivity index (χ2v) is 7.53. The van der Waals surface area contributed by atoms with E-state index in [9.17, 15) is 4.39 Å². The Kier molecular flexibility index (Phi) is 3.37. The molecule has 2 aliphatic carbocycles. The van der Waals surface area contributed by atoms with Gasteiger partial charge in [0.1, 0.15) is 5.82 Å². The molecule has 21 heavy (non-hydrogen) atoms. The summed E-state index contributed by atoms with van der Waals surface area (Å²) in [6.45, 7) is 0. The van der Waals surface area contributed by atoms with Crippen LogP contribution in [0, 0.1) is 17.7 Å². The van der Waals surface area contributed by atoms with E-state index in [1.807, 2.05) is 6.07 Å². The fraction of sp³-hybridized carbons (Fsp3) is 0.368. The van der Waals surface area contributed by atoms with E-state index < -0.39 is 0 Å². The normalized spacial score (nSPS) is 27.6. The highest BCUT2D eigenvalue weighted by atomic mass is 79.9. The third-order valence-corrected chi connectivity index (χ3v) is 6.06. The molecule has 0 spiro atoms. The molecular weight excluding hydrogens is 327 g/mol. The molecule has 0 amide bonds. The summed E-state index contributed by atoms with van der Waals surface area (Å²) in [7, 11) is 0. The van der Waals surface area contributed by atoms with Gasteiger partial charge < -0.3 is 0 Å². The Bertz CT molecular complexity index is 666. The first kappa shape index (κ1) is 13.5. The van der Waals surface area contributed by atoms with Crippen LogP contribution >= 0.6 is 15.9 Å². The fourth-order valence-electron chi connectivity index (χ4n) is 4.14. The number of benzene rings is 2. The van der Waals surface area contributed by atoms with Crippen molar-refractivity contribution >= 4 is 15.9 Å². The Morgan fingerprint density at radius 3 is 2.86 bits per heavy atom. The minimum absolute atomic E-state index is 0.134. The van der Waals surface area contributed by atoms with Crippen molar-refractivity contribution < 1.29 is 4.39 Å². The van der Waals surface area contributed by atoms with Gasteiger partial charge in [-0.25, -0.2) is 4.39 Å². The van der Waals surface area contributed by atoms with Gasteiger partial charge in [-0.15, -0.1) is 0 Å². The molecule has 108 valence electrons. The van der Waals surface area contributed by atoms with Crippen molar-refractivity contribution in [3.8, 4) is 0 Å². The van der Waals surface area contributed by atoms with Gasteiger partial charge in [0, 0.05) is 4.83 Å². The smallest absolute Gasteiger partial charge is 0.123 e. The molecule has 2 aromatic carbocycles. The van der Waals surface area contributed by atoms with Crippen molar-refractivity contribution in [2.45, 2.75) is 30.0 Å². The molecule has 0 aromatic heterocycles. The van der Waals surface area contributed by atoms with Gasteiger partial charge in [0.25, 0.3) is 0 Å². The summed E-state index contributed by atoms with van der Waals surface area (Å²) >= 11 is 3.89. The van der Waals surface area contributed by atoms with Crippen molar-refractivity contribution in [2.24, 2.45) is 11.8 Å². The second-order valence-electron chi connectivity index (χ2n) is 6.35. The zero-order chi connectivity index (χ0) is 14.4. The third-order valence-electron chi connectivity index (χ3n) is 5.13. The van der Waals surface area contributed by atoms with E-state index in [0.29, 0.717) is 16.7 Å². The standard InChI is InChI=1S/C19H18BrF/c20-17(11-12-4-3-6-14(21)10-12)19-16-9-8-13-5-1-2-7-15(13)18(16)19/h1-7,10,16-19H,8-9,11H2. The van der Waals surface area contributed by atoms with Crippen LogP contribution in [0.15, 0.2) is 48.5 Å². The van der Waals surface area contributed by atoms with Crippen LogP contribution in [0.5, 0.6) is 0 Å². The zero-order valence-corrected chi connectivity index (χ0v) is 13.4. The van der Waals surface area contributed by atoms with Gasteiger partial charge in [-0.05, 0) is 65.8 Å². The number of aryl methyl sites for hydroxylation is 1. The Balaban J connectivity index is 1.52. The number of halogens is 2. The Hall–Kier alpha value is -1.15. The lowest BCUT2D eigenvalue weighted by molar-refractivity contribution is 0.610. The molecule has 0 bridgehead atoms. The summed E-state index contributed by atoms with van der Waals surface area (Å²) < 4.78 is 13.3. The minimum atomic E-state index is -0.134. The summed E-state index contributed by atoms with van der Waals surface area (Å²) in [5.41, 5.74) is 4.18. The molecule has 4 atom stereocenters. The van der Waals surface area contributed by atoms with Crippen LogP contribution in [0.1, 0.15) is 29.0 Å². The van der Waals surface area contributed by atoms with Gasteiger partial charge in [-0.2, -0.15) is 0 Å². The molecule has 0 radical (unpaired) electrons. The lowest BCUT2D eigenvalue weighted by atomic mass is 9.92. The number of rotatable bonds is 3. The molecule has 0 N–H and O–H groups in total. The average Bonchev–Trinajstić information content (AvgIpc) is 3.22. The van der Waals surface area contributed by atoms with Crippen molar-refractivity contribution in [1.29, 1.82) is 0 Å². The van der Waals surface area contributed by atoms with Crippen LogP contribution in [-0.4, -0.2) is 4.83 Å². The molecular formula is C19H18BrF. The lowest BCUT2D eigenvalue weighted by Crippen LogP contribution is -2.07. The Morgan fingerprint density at radius 1 is 1.14 bits per heavy atom. The van der Waals surface area contributed by atoms with Crippen LogP contribution in [0.4, 0.5) is 4.39 Å². The highest BCUT2D eigenvalue weighted by molar-refractivity contribution is 9.09. The maximum Gasteiger partial charge on any atom is 0.123 e. The molecule has 2 heteroatoms. The Morgan fingerprint density at radius 2 is 2.00 bits per heavy atom. The first-order valence-corrected chi connectivity index (χ1v) is 8.62. The van der Waals surface area contributed by atoms with E-state index in [4.69, 9.17) is 0 Å². The zero-order valence-electron chi connectivity index (χ0n) is 11.8. The summed E-state index contributed by atoms with van der Waals surface area (Å²) in [5.74, 6) is 2.10. The first-order chi connectivity index (χ1) is 10.2. The third kappa shape index (κ3) is 2.44. The first-order valence-electron chi connectivity index (χ1n) is 7.70. The van der Waals surface area contributed by atoms with Crippen LogP contribution < -0.4 is 0 Å². The van der Waals surface area contributed by atoms with E-state index in [1.54, 1.807) is 17.7 Å². The SMILES string of the molecule is Fc1cccc(CC(Br)C2C3CCc4ccccc4C32)c1. The molecule has 1 fully saturated rings. The summed E-state index contributed by atoms with van der Waals surface area (Å²) in [6, 6.07) is 15.9. The fourth-order valence-corrected chi connectivity index (χ4v) is 5.23. The van der Waals surface area contributed by atoms with Gasteiger partial charge in [0.2, 0.25) is 0 Å². The topological polar surface area (TPSA) is 0 Å². The Labute approximate surface area is 133 Å². The minimum Gasteiger partial charge on any atom is -0.207 e. The lowest BCUT2D eigenvalue weighted by Gasteiger charge is -2.13. The molecule has 4 unspecified atom stereocenters. The summed E-state index contributed by atoms with van der Waals surface area (Å²) in [6.07, 6.45) is 3.43. The van der Waals surface area contributed by atoms with Crippen molar-refractivity contribution in [2.75, 3.05) is 0 Å². The summed E-state index contributed by atoms with van der Waals surface area (Å²) in [4.78, 5) is 0.445. The predicted octanol–water partition coefficient (Wildman–Crippen LogP) is 5.11. The quantitative estimate of drug-likeness (QED) is 0.679. The monoisotopic (exact) mass is 344 g/mol. The van der Waals surface area contributed by atoms with Crippen LogP contribution in [0.3, 0.4) is 0 Å². The van der Waals surface area contributed by atoms with Crippen molar-refractivity contribution in [3.63, 3.8) is 0 Å². The maximum absolute atomic E-state index is 13.3. The van der Waals surface area contributed by atoms with Crippen molar-refractivity contribution in [1.82, 2.24) is 0 Å². The number of alkyl halides is 1. The number of hydrogen-bond donors (Lipinski definition) is 0. The van der Waals surface area contributed by atoms with Crippen LogP contribution in [-0.2, 0) is 12.8 Å². The highest BCUT2D eigenvalue weighted by Gasteiger charge is 2.55. The average molecular weight is 345 g/mol. The molecule has 0 saturated heterocycles. The van der Waals surface area contributed by atoms with Gasteiger partial charge in [-0.3, -0.25) is 0 Å². The van der Waals surface area contributed by atoms with Gasteiger partial charge in [-0.1, -0.05) is 52.3 Å². The van der Waals surface area contributed by atoms with Crippen LogP contribution in [0.25, 0.3) is 0 Å². The summed E-state index contributed by atoms with van der Waals surface area (Å²) in [5, 5.41) is 0. The van der Waals surface area contributed by atoms with Gasteiger partial charge in [0.15, 0.2) is 0 Å². The van der Waals surface area contributed by atoms with Crippen LogP contribution in [0.2, 0.25) is 0 Å². The van der Waals surface area contributed by atoms with E-state index in [0.717, 1.165) is 17.9 Å². The van der Waals surface area contributed by atoms with E-state index >= 15 is 0 Å². The maximum atomic E-state index is 13.3.